The second kappa shape index (κ2) is 3.54. The number of benzene rings is 1. The van der Waals surface area contributed by atoms with Crippen molar-refractivity contribution >= 4 is 5.57 Å². The molecule has 0 aromatic heterocycles. The van der Waals surface area contributed by atoms with Gasteiger partial charge in [-0.25, -0.2) is 4.39 Å². The van der Waals surface area contributed by atoms with Gasteiger partial charge in [0.15, 0.2) is 0 Å². The Morgan fingerprint density at radius 1 is 1.43 bits per heavy atom. The van der Waals surface area contributed by atoms with Crippen molar-refractivity contribution in [3.05, 3.63) is 41.2 Å². The molecule has 1 aliphatic rings. The van der Waals surface area contributed by atoms with E-state index in [9.17, 15) is 9.50 Å². The van der Waals surface area contributed by atoms with Crippen molar-refractivity contribution in [2.45, 2.75) is 25.9 Å². The Balaban J connectivity index is 2.34. The highest BCUT2D eigenvalue weighted by atomic mass is 19.1. The van der Waals surface area contributed by atoms with Crippen molar-refractivity contribution in [1.82, 2.24) is 0 Å². The molecule has 1 aromatic carbocycles. The fraction of sp³-hybridized carbons (Fsp3) is 0.333. The van der Waals surface area contributed by atoms with E-state index in [1.165, 1.54) is 0 Å². The van der Waals surface area contributed by atoms with Gasteiger partial charge in [0.1, 0.15) is 5.82 Å². The first kappa shape index (κ1) is 9.41. The molecule has 2 rings (SSSR count). The molecular weight excluding hydrogens is 179 g/mol. The maximum atomic E-state index is 13.2. The summed E-state index contributed by atoms with van der Waals surface area (Å²) in [6, 6.07) is 5.22. The molecule has 74 valence electrons. The van der Waals surface area contributed by atoms with Crippen molar-refractivity contribution in [1.29, 1.82) is 0 Å². The zero-order valence-corrected chi connectivity index (χ0v) is 8.13. The highest BCUT2D eigenvalue weighted by Crippen LogP contribution is 2.28. The molecule has 1 nitrogen and oxygen atoms in total. The zero-order chi connectivity index (χ0) is 10.1. The van der Waals surface area contributed by atoms with Crippen LogP contribution in [0.3, 0.4) is 0 Å². The number of rotatable bonds is 1. The molecule has 0 heterocycles. The van der Waals surface area contributed by atoms with Gasteiger partial charge in [-0.05, 0) is 42.5 Å². The Morgan fingerprint density at radius 3 is 2.79 bits per heavy atom. The zero-order valence-electron chi connectivity index (χ0n) is 8.13. The monoisotopic (exact) mass is 192 g/mol. The van der Waals surface area contributed by atoms with Crippen LogP contribution in [0.4, 0.5) is 4.39 Å². The van der Waals surface area contributed by atoms with E-state index in [1.54, 1.807) is 19.1 Å². The van der Waals surface area contributed by atoms with Gasteiger partial charge in [0, 0.05) is 0 Å². The number of allylic oxidation sites excluding steroid dienone is 1. The van der Waals surface area contributed by atoms with E-state index in [0.717, 1.165) is 24.0 Å². The van der Waals surface area contributed by atoms with E-state index in [-0.39, 0.29) is 11.9 Å². The predicted octanol–water partition coefficient (Wildman–Crippen LogP) is 2.67. The second-order valence-corrected chi connectivity index (χ2v) is 3.76. The molecule has 1 aliphatic carbocycles. The van der Waals surface area contributed by atoms with E-state index in [2.05, 4.69) is 0 Å². The van der Waals surface area contributed by atoms with Crippen LogP contribution in [0.5, 0.6) is 0 Å². The molecule has 1 aromatic rings. The molecule has 1 N–H and O–H groups in total. The normalized spacial score (nSPS) is 21.1. The number of aryl methyl sites for hydroxylation is 1. The van der Waals surface area contributed by atoms with Crippen LogP contribution in [0.15, 0.2) is 24.3 Å². The summed E-state index contributed by atoms with van der Waals surface area (Å²) in [4.78, 5) is 0. The minimum atomic E-state index is -0.352. The Bertz CT molecular complexity index is 382. The summed E-state index contributed by atoms with van der Waals surface area (Å²) in [6.07, 6.45) is 3.05. The van der Waals surface area contributed by atoms with E-state index >= 15 is 0 Å². The standard InChI is InChI=1S/C12H13FO/c1-8-2-3-10(7-12(8)13)9-4-5-11(14)6-9/h2-3,6-7,11,14H,4-5H2,1H3. The second-order valence-electron chi connectivity index (χ2n) is 3.76. The van der Waals surface area contributed by atoms with E-state index in [4.69, 9.17) is 0 Å². The first-order chi connectivity index (χ1) is 6.66. The average Bonchev–Trinajstić information content (AvgIpc) is 2.57. The molecule has 0 fully saturated rings. The summed E-state index contributed by atoms with van der Waals surface area (Å²) in [6.45, 7) is 1.75. The van der Waals surface area contributed by atoms with Gasteiger partial charge in [0.25, 0.3) is 0 Å². The molecule has 2 heteroatoms. The summed E-state index contributed by atoms with van der Waals surface area (Å²) < 4.78 is 13.2. The molecule has 0 amide bonds. The summed E-state index contributed by atoms with van der Waals surface area (Å²) in [5, 5.41) is 9.31. The van der Waals surface area contributed by atoms with Crippen LogP contribution in [0, 0.1) is 12.7 Å². The molecule has 14 heavy (non-hydrogen) atoms. The number of halogens is 1. The molecule has 0 saturated carbocycles. The first-order valence-corrected chi connectivity index (χ1v) is 4.82. The van der Waals surface area contributed by atoms with Gasteiger partial charge in [-0.3, -0.25) is 0 Å². The smallest absolute Gasteiger partial charge is 0.126 e. The lowest BCUT2D eigenvalue weighted by Crippen LogP contribution is -1.93. The minimum Gasteiger partial charge on any atom is -0.389 e. The lowest BCUT2D eigenvalue weighted by molar-refractivity contribution is 0.223. The lowest BCUT2D eigenvalue weighted by Gasteiger charge is -2.03. The molecule has 1 atom stereocenters. The molecule has 0 bridgehead atoms. The number of hydrogen-bond donors (Lipinski definition) is 1. The summed E-state index contributed by atoms with van der Waals surface area (Å²) in [7, 11) is 0. The molecule has 0 radical (unpaired) electrons. The van der Waals surface area contributed by atoms with Crippen LogP contribution in [0.25, 0.3) is 5.57 Å². The summed E-state index contributed by atoms with van der Waals surface area (Å²) in [5.74, 6) is -0.176. The Kier molecular flexibility index (Phi) is 2.38. The van der Waals surface area contributed by atoms with Crippen molar-refractivity contribution < 1.29 is 9.50 Å². The third-order valence-electron chi connectivity index (χ3n) is 2.65. The fourth-order valence-corrected chi connectivity index (χ4v) is 1.74. The van der Waals surface area contributed by atoms with Crippen molar-refractivity contribution in [3.63, 3.8) is 0 Å². The Morgan fingerprint density at radius 2 is 2.21 bits per heavy atom. The van der Waals surface area contributed by atoms with Gasteiger partial charge in [-0.1, -0.05) is 18.2 Å². The van der Waals surface area contributed by atoms with Gasteiger partial charge in [0.2, 0.25) is 0 Å². The quantitative estimate of drug-likeness (QED) is 0.725. The van der Waals surface area contributed by atoms with Crippen molar-refractivity contribution in [2.75, 3.05) is 0 Å². The highest BCUT2D eigenvalue weighted by Gasteiger charge is 2.14. The van der Waals surface area contributed by atoms with E-state index in [1.807, 2.05) is 12.1 Å². The van der Waals surface area contributed by atoms with Gasteiger partial charge < -0.3 is 5.11 Å². The molecular formula is C12H13FO. The Labute approximate surface area is 82.9 Å². The maximum absolute atomic E-state index is 13.2. The predicted molar refractivity (Wildman–Crippen MR) is 54.4 cm³/mol. The van der Waals surface area contributed by atoms with Crippen LogP contribution < -0.4 is 0 Å². The first-order valence-electron chi connectivity index (χ1n) is 4.82. The SMILES string of the molecule is Cc1ccc(C2=CC(O)CC2)cc1F. The molecule has 0 spiro atoms. The molecule has 0 aliphatic heterocycles. The van der Waals surface area contributed by atoms with Gasteiger partial charge in [-0.15, -0.1) is 0 Å². The lowest BCUT2D eigenvalue weighted by atomic mass is 10.0. The largest absolute Gasteiger partial charge is 0.389 e. The van der Waals surface area contributed by atoms with Crippen molar-refractivity contribution in [3.8, 4) is 0 Å². The van der Waals surface area contributed by atoms with Crippen LogP contribution in [0.1, 0.15) is 24.0 Å². The fourth-order valence-electron chi connectivity index (χ4n) is 1.74. The third-order valence-corrected chi connectivity index (χ3v) is 2.65. The van der Waals surface area contributed by atoms with Gasteiger partial charge in [0.05, 0.1) is 6.10 Å². The summed E-state index contributed by atoms with van der Waals surface area (Å²) >= 11 is 0. The number of aliphatic hydroxyl groups excluding tert-OH is 1. The average molecular weight is 192 g/mol. The van der Waals surface area contributed by atoms with E-state index < -0.39 is 0 Å². The number of hydrogen-bond acceptors (Lipinski definition) is 1. The topological polar surface area (TPSA) is 20.2 Å². The van der Waals surface area contributed by atoms with Crippen molar-refractivity contribution in [2.24, 2.45) is 0 Å². The highest BCUT2D eigenvalue weighted by molar-refractivity contribution is 5.68. The van der Waals surface area contributed by atoms with Crippen LogP contribution in [-0.4, -0.2) is 11.2 Å². The third kappa shape index (κ3) is 1.70. The van der Waals surface area contributed by atoms with Gasteiger partial charge in [-0.2, -0.15) is 0 Å². The van der Waals surface area contributed by atoms with Crippen LogP contribution in [0.2, 0.25) is 0 Å². The maximum Gasteiger partial charge on any atom is 0.126 e. The van der Waals surface area contributed by atoms with Crippen LogP contribution >= 0.6 is 0 Å². The van der Waals surface area contributed by atoms with E-state index in [0.29, 0.717) is 5.56 Å². The summed E-state index contributed by atoms with van der Waals surface area (Å²) in [5.41, 5.74) is 2.61. The Hall–Kier alpha value is -1.15. The molecule has 1 unspecified atom stereocenters. The molecule has 0 saturated heterocycles. The van der Waals surface area contributed by atoms with Crippen LogP contribution in [-0.2, 0) is 0 Å². The minimum absolute atomic E-state index is 0.176. The number of aliphatic hydroxyl groups is 1. The van der Waals surface area contributed by atoms with Gasteiger partial charge >= 0.3 is 0 Å².